The molecule has 134 valence electrons. The second-order valence-corrected chi connectivity index (χ2v) is 6.13. The van der Waals surface area contributed by atoms with Crippen LogP contribution < -0.4 is 5.32 Å². The van der Waals surface area contributed by atoms with Crippen LogP contribution in [0, 0.1) is 13.8 Å². The zero-order chi connectivity index (χ0) is 18.6. The zero-order valence-electron chi connectivity index (χ0n) is 15.5. The molecular weight excluding hydrogens is 316 g/mol. The number of hydrogen-bond acceptors (Lipinski definition) is 4. The number of esters is 1. The third-order valence-electron chi connectivity index (χ3n) is 4.30. The summed E-state index contributed by atoms with van der Waals surface area (Å²) in [7, 11) is 0. The highest BCUT2D eigenvalue weighted by Crippen LogP contribution is 2.21. The van der Waals surface area contributed by atoms with Gasteiger partial charge in [0.25, 0.3) is 0 Å². The number of rotatable bonds is 7. The number of hydrogen-bond donors (Lipinski definition) is 2. The van der Waals surface area contributed by atoms with E-state index >= 15 is 0 Å². The van der Waals surface area contributed by atoms with Crippen LogP contribution in [0.1, 0.15) is 58.4 Å². The molecule has 0 unspecified atom stereocenters. The minimum Gasteiger partial charge on any atom is -0.462 e. The SMILES string of the molecule is CCOC(=O)c1c(C)[nH]c(C(=O)[C@@H](C)Nc2ccc(CC)cc2)c1C. The Morgan fingerprint density at radius 1 is 1.16 bits per heavy atom. The Bertz CT molecular complexity index is 760. The van der Waals surface area contributed by atoms with Crippen LogP contribution in [-0.4, -0.2) is 29.4 Å². The van der Waals surface area contributed by atoms with E-state index in [2.05, 4.69) is 17.2 Å². The van der Waals surface area contributed by atoms with Gasteiger partial charge in [0.15, 0.2) is 0 Å². The zero-order valence-corrected chi connectivity index (χ0v) is 15.5. The molecule has 2 aromatic rings. The van der Waals surface area contributed by atoms with Crippen molar-refractivity contribution in [1.82, 2.24) is 4.98 Å². The number of nitrogens with one attached hydrogen (secondary N) is 2. The van der Waals surface area contributed by atoms with E-state index in [9.17, 15) is 9.59 Å². The van der Waals surface area contributed by atoms with E-state index in [0.717, 1.165) is 12.1 Å². The van der Waals surface area contributed by atoms with Crippen molar-refractivity contribution < 1.29 is 14.3 Å². The van der Waals surface area contributed by atoms with Crippen molar-refractivity contribution in [3.8, 4) is 0 Å². The van der Waals surface area contributed by atoms with Gasteiger partial charge in [0, 0.05) is 11.4 Å². The van der Waals surface area contributed by atoms with Crippen LogP contribution >= 0.6 is 0 Å². The lowest BCUT2D eigenvalue weighted by Crippen LogP contribution is -2.27. The number of aryl methyl sites for hydroxylation is 2. The third-order valence-corrected chi connectivity index (χ3v) is 4.30. The van der Waals surface area contributed by atoms with Crippen LogP contribution in [0.3, 0.4) is 0 Å². The van der Waals surface area contributed by atoms with Gasteiger partial charge in [0.2, 0.25) is 5.78 Å². The van der Waals surface area contributed by atoms with E-state index in [-0.39, 0.29) is 5.78 Å². The van der Waals surface area contributed by atoms with Gasteiger partial charge in [0.1, 0.15) is 0 Å². The first-order valence-corrected chi connectivity index (χ1v) is 8.64. The summed E-state index contributed by atoms with van der Waals surface area (Å²) in [6, 6.07) is 7.61. The molecular formula is C20H26N2O3. The predicted molar refractivity (Wildman–Crippen MR) is 99.5 cm³/mol. The second-order valence-electron chi connectivity index (χ2n) is 6.13. The first kappa shape index (κ1) is 18.8. The Hall–Kier alpha value is -2.56. The molecule has 25 heavy (non-hydrogen) atoms. The number of aromatic amines is 1. The molecule has 0 amide bonds. The molecule has 0 aliphatic heterocycles. The smallest absolute Gasteiger partial charge is 0.340 e. The largest absolute Gasteiger partial charge is 0.462 e. The monoisotopic (exact) mass is 342 g/mol. The first-order chi connectivity index (χ1) is 11.9. The Balaban J connectivity index is 2.18. The summed E-state index contributed by atoms with van der Waals surface area (Å²) >= 11 is 0. The van der Waals surface area contributed by atoms with Crippen molar-refractivity contribution >= 4 is 17.4 Å². The molecule has 0 saturated carbocycles. The summed E-state index contributed by atoms with van der Waals surface area (Å²) < 4.78 is 5.07. The molecule has 0 spiro atoms. The fourth-order valence-corrected chi connectivity index (χ4v) is 2.87. The van der Waals surface area contributed by atoms with Gasteiger partial charge in [0.05, 0.1) is 23.9 Å². The van der Waals surface area contributed by atoms with Crippen LogP contribution in [-0.2, 0) is 11.2 Å². The number of carbonyl (C=O) groups excluding carboxylic acids is 2. The fourth-order valence-electron chi connectivity index (χ4n) is 2.87. The quantitative estimate of drug-likeness (QED) is 0.588. The highest BCUT2D eigenvalue weighted by atomic mass is 16.5. The van der Waals surface area contributed by atoms with Gasteiger partial charge in [-0.25, -0.2) is 4.79 Å². The van der Waals surface area contributed by atoms with E-state index < -0.39 is 12.0 Å². The van der Waals surface area contributed by atoms with E-state index in [4.69, 9.17) is 4.74 Å². The van der Waals surface area contributed by atoms with Gasteiger partial charge in [-0.3, -0.25) is 4.79 Å². The predicted octanol–water partition coefficient (Wildman–Crippen LogP) is 4.05. The normalized spacial score (nSPS) is 11.9. The van der Waals surface area contributed by atoms with Gasteiger partial charge in [-0.1, -0.05) is 19.1 Å². The molecule has 1 aromatic heterocycles. The maximum atomic E-state index is 12.8. The van der Waals surface area contributed by atoms with E-state index in [1.54, 1.807) is 20.8 Å². The molecule has 5 heteroatoms. The number of H-pyrrole nitrogens is 1. The van der Waals surface area contributed by atoms with Crippen LogP contribution in [0.25, 0.3) is 0 Å². The van der Waals surface area contributed by atoms with Crippen LogP contribution in [0.2, 0.25) is 0 Å². The standard InChI is InChI=1S/C20H26N2O3/c1-6-15-8-10-16(11-9-15)21-14(5)19(23)18-12(3)17(13(4)22-18)20(24)25-7-2/h8-11,14,21-22H,6-7H2,1-5H3/t14-/m1/s1. The number of ether oxygens (including phenoxy) is 1. The molecule has 5 nitrogen and oxygen atoms in total. The van der Waals surface area contributed by atoms with Crippen LogP contribution in [0.5, 0.6) is 0 Å². The summed E-state index contributed by atoms with van der Waals surface area (Å²) in [6.45, 7) is 9.53. The second kappa shape index (κ2) is 8.01. The summed E-state index contributed by atoms with van der Waals surface area (Å²) in [6.07, 6.45) is 0.979. The van der Waals surface area contributed by atoms with Crippen molar-refractivity contribution in [2.24, 2.45) is 0 Å². The highest BCUT2D eigenvalue weighted by Gasteiger charge is 2.25. The third kappa shape index (κ3) is 4.10. The fraction of sp³-hybridized carbons (Fsp3) is 0.400. The molecule has 2 N–H and O–H groups in total. The summed E-state index contributed by atoms with van der Waals surface area (Å²) in [5.74, 6) is -0.487. The molecule has 0 radical (unpaired) electrons. The number of aromatic nitrogens is 1. The van der Waals surface area contributed by atoms with E-state index in [1.165, 1.54) is 5.56 Å². The number of ketones is 1. The lowest BCUT2D eigenvalue weighted by molar-refractivity contribution is 0.0525. The number of anilines is 1. The minimum atomic E-state index is -0.417. The van der Waals surface area contributed by atoms with E-state index in [1.807, 2.05) is 31.2 Å². The molecule has 0 aliphatic carbocycles. The molecule has 1 atom stereocenters. The average molecular weight is 342 g/mol. The van der Waals surface area contributed by atoms with Crippen molar-refractivity contribution in [2.45, 2.75) is 47.1 Å². The molecule has 0 aliphatic rings. The average Bonchev–Trinajstić information content (AvgIpc) is 2.89. The van der Waals surface area contributed by atoms with Crippen molar-refractivity contribution in [3.05, 3.63) is 52.3 Å². The van der Waals surface area contributed by atoms with Crippen LogP contribution in [0.15, 0.2) is 24.3 Å². The van der Waals surface area contributed by atoms with Crippen molar-refractivity contribution in [3.63, 3.8) is 0 Å². The number of Topliss-reactive ketones (excluding diaryl/α,β-unsaturated/α-hetero) is 1. The highest BCUT2D eigenvalue weighted by molar-refractivity contribution is 6.04. The lowest BCUT2D eigenvalue weighted by Gasteiger charge is -2.14. The van der Waals surface area contributed by atoms with Gasteiger partial charge in [-0.15, -0.1) is 0 Å². The van der Waals surface area contributed by atoms with Gasteiger partial charge in [-0.05, 0) is 57.4 Å². The lowest BCUT2D eigenvalue weighted by atomic mass is 10.0. The maximum Gasteiger partial charge on any atom is 0.340 e. The van der Waals surface area contributed by atoms with Gasteiger partial charge >= 0.3 is 5.97 Å². The Morgan fingerprint density at radius 2 is 1.80 bits per heavy atom. The summed E-state index contributed by atoms with van der Waals surface area (Å²) in [4.78, 5) is 27.9. The van der Waals surface area contributed by atoms with E-state index in [0.29, 0.717) is 29.1 Å². The Labute approximate surface area is 148 Å². The molecule has 0 bridgehead atoms. The molecule has 1 aromatic carbocycles. The molecule has 0 fully saturated rings. The van der Waals surface area contributed by atoms with Gasteiger partial charge in [-0.2, -0.15) is 0 Å². The Morgan fingerprint density at radius 3 is 2.36 bits per heavy atom. The minimum absolute atomic E-state index is 0.0873. The maximum absolute atomic E-state index is 12.8. The number of carbonyl (C=O) groups is 2. The van der Waals surface area contributed by atoms with Crippen molar-refractivity contribution in [2.75, 3.05) is 11.9 Å². The first-order valence-electron chi connectivity index (χ1n) is 8.64. The van der Waals surface area contributed by atoms with Gasteiger partial charge < -0.3 is 15.0 Å². The summed E-state index contributed by atoms with van der Waals surface area (Å²) in [5, 5.41) is 3.22. The topological polar surface area (TPSA) is 71.2 Å². The number of benzene rings is 1. The Kier molecular flexibility index (Phi) is 6.02. The van der Waals surface area contributed by atoms with Crippen LogP contribution in [0.4, 0.5) is 5.69 Å². The molecule has 1 heterocycles. The molecule has 2 rings (SSSR count). The van der Waals surface area contributed by atoms with Crippen molar-refractivity contribution in [1.29, 1.82) is 0 Å². The summed E-state index contributed by atoms with van der Waals surface area (Å²) in [5.41, 5.74) is 4.33. The molecule has 0 saturated heterocycles.